The van der Waals surface area contributed by atoms with Gasteiger partial charge in [-0.1, -0.05) is 12.1 Å². The molecule has 0 atom stereocenters. The van der Waals surface area contributed by atoms with E-state index in [2.05, 4.69) is 50.1 Å². The molecular weight excluding hydrogens is 410 g/mol. The van der Waals surface area contributed by atoms with E-state index in [1.807, 2.05) is 35.6 Å². The van der Waals surface area contributed by atoms with Crippen molar-refractivity contribution in [2.24, 2.45) is 4.99 Å². The van der Waals surface area contributed by atoms with Crippen molar-refractivity contribution in [1.29, 1.82) is 5.26 Å². The summed E-state index contributed by atoms with van der Waals surface area (Å²) >= 11 is 3.64. The van der Waals surface area contributed by atoms with Crippen molar-refractivity contribution in [2.45, 2.75) is 25.4 Å². The molecular formula is C23H23N5S2. The van der Waals surface area contributed by atoms with Crippen LogP contribution in [-0.4, -0.2) is 36.5 Å². The molecule has 2 aliphatic heterocycles. The van der Waals surface area contributed by atoms with E-state index in [-0.39, 0.29) is 0 Å². The predicted octanol–water partition coefficient (Wildman–Crippen LogP) is 4.98. The van der Waals surface area contributed by atoms with Crippen molar-refractivity contribution < 1.29 is 0 Å². The molecule has 5 nitrogen and oxygen atoms in total. The highest BCUT2D eigenvalue weighted by molar-refractivity contribution is 7.14. The zero-order valence-corrected chi connectivity index (χ0v) is 18.3. The van der Waals surface area contributed by atoms with Gasteiger partial charge in [-0.2, -0.15) is 5.26 Å². The number of piperidine rings is 1. The first-order valence-corrected chi connectivity index (χ1v) is 12.0. The van der Waals surface area contributed by atoms with Gasteiger partial charge in [0, 0.05) is 36.2 Å². The predicted molar refractivity (Wildman–Crippen MR) is 126 cm³/mol. The molecule has 0 spiro atoms. The van der Waals surface area contributed by atoms with Crippen molar-refractivity contribution in [3.05, 3.63) is 69.2 Å². The third-order valence-electron chi connectivity index (χ3n) is 5.75. The first-order valence-electron chi connectivity index (χ1n) is 10.2. The molecule has 30 heavy (non-hydrogen) atoms. The summed E-state index contributed by atoms with van der Waals surface area (Å²) in [7, 11) is 0. The third kappa shape index (κ3) is 3.99. The Morgan fingerprint density at radius 1 is 1.10 bits per heavy atom. The highest BCUT2D eigenvalue weighted by Gasteiger charge is 2.30. The van der Waals surface area contributed by atoms with Gasteiger partial charge in [0.2, 0.25) is 0 Å². The molecule has 2 aliphatic rings. The zero-order chi connectivity index (χ0) is 20.3. The van der Waals surface area contributed by atoms with E-state index in [4.69, 9.17) is 10.3 Å². The second kappa shape index (κ2) is 8.60. The lowest BCUT2D eigenvalue weighted by molar-refractivity contribution is 0.203. The van der Waals surface area contributed by atoms with Crippen LogP contribution in [0, 0.1) is 11.3 Å². The summed E-state index contributed by atoms with van der Waals surface area (Å²) in [5, 5.41) is 18.2. The number of likely N-dealkylation sites (tertiary alicyclic amines) is 1. The molecule has 0 saturated carbocycles. The van der Waals surface area contributed by atoms with E-state index < -0.39 is 0 Å². The first-order chi connectivity index (χ1) is 14.8. The molecule has 1 aromatic carbocycles. The van der Waals surface area contributed by atoms with Crippen LogP contribution in [0.15, 0.2) is 58.2 Å². The maximum absolute atomic E-state index is 9.15. The van der Waals surface area contributed by atoms with Gasteiger partial charge in [-0.15, -0.1) is 22.7 Å². The second-order valence-corrected chi connectivity index (χ2v) is 9.59. The summed E-state index contributed by atoms with van der Waals surface area (Å²) in [5.74, 6) is 0.896. The molecule has 152 valence electrons. The lowest BCUT2D eigenvalue weighted by atomic mass is 10.0. The van der Waals surface area contributed by atoms with Crippen LogP contribution in [0.5, 0.6) is 0 Å². The molecule has 0 bridgehead atoms. The number of fused-ring (bicyclic) bond motifs is 1. The average molecular weight is 434 g/mol. The number of aliphatic imine (C=N–C) groups is 1. The molecule has 0 aliphatic carbocycles. The summed E-state index contributed by atoms with van der Waals surface area (Å²) in [6.45, 7) is 4.02. The van der Waals surface area contributed by atoms with Crippen LogP contribution in [-0.2, 0) is 6.54 Å². The van der Waals surface area contributed by atoms with Crippen LogP contribution in [0.25, 0.3) is 0 Å². The largest absolute Gasteiger partial charge is 0.340 e. The van der Waals surface area contributed by atoms with Gasteiger partial charge in [-0.3, -0.25) is 4.90 Å². The Kier molecular flexibility index (Phi) is 5.54. The summed E-state index contributed by atoms with van der Waals surface area (Å²) < 4.78 is 0. The molecule has 5 rings (SSSR count). The number of hydrogen-bond acceptors (Lipinski definition) is 7. The number of rotatable bonds is 4. The van der Waals surface area contributed by atoms with Gasteiger partial charge in [0.15, 0.2) is 0 Å². The van der Waals surface area contributed by atoms with E-state index in [0.29, 0.717) is 18.3 Å². The highest BCUT2D eigenvalue weighted by atomic mass is 32.1. The summed E-state index contributed by atoms with van der Waals surface area (Å²) in [6, 6.07) is 16.8. The Balaban J connectivity index is 1.26. The third-order valence-corrected chi connectivity index (χ3v) is 7.56. The van der Waals surface area contributed by atoms with E-state index in [0.717, 1.165) is 36.7 Å². The fourth-order valence-electron chi connectivity index (χ4n) is 4.20. The SMILES string of the molecule is N#Cc1cccc(NC2=NCN(C3CCN(Cc4cccs4)CC3)c3sccc32)c1. The highest BCUT2D eigenvalue weighted by Crippen LogP contribution is 2.35. The molecule has 1 N–H and O–H groups in total. The Bertz CT molecular complexity index is 1070. The lowest BCUT2D eigenvalue weighted by Crippen LogP contribution is -2.46. The molecule has 4 heterocycles. The van der Waals surface area contributed by atoms with Crippen LogP contribution in [0.4, 0.5) is 10.7 Å². The van der Waals surface area contributed by atoms with Gasteiger partial charge in [0.25, 0.3) is 0 Å². The average Bonchev–Trinajstić information content (AvgIpc) is 3.47. The number of amidine groups is 1. The molecule has 0 amide bonds. The van der Waals surface area contributed by atoms with Crippen molar-refractivity contribution in [1.82, 2.24) is 4.90 Å². The summed E-state index contributed by atoms with van der Waals surface area (Å²) in [5.41, 5.74) is 2.72. The van der Waals surface area contributed by atoms with E-state index in [1.54, 1.807) is 11.3 Å². The second-order valence-electron chi connectivity index (χ2n) is 7.66. The monoisotopic (exact) mass is 433 g/mol. The minimum atomic E-state index is 0.536. The van der Waals surface area contributed by atoms with Crippen molar-refractivity contribution in [3.63, 3.8) is 0 Å². The maximum atomic E-state index is 9.15. The standard InChI is InChI=1S/C23H23N5S2/c24-14-17-3-1-4-18(13-17)26-22-21-8-12-30-23(21)28(16-25-22)19-6-9-27(10-7-19)15-20-5-2-11-29-20/h1-5,8,11-13,19H,6-7,9-10,15-16H2,(H,25,26). The van der Waals surface area contributed by atoms with Crippen LogP contribution in [0.1, 0.15) is 28.8 Å². The first kappa shape index (κ1) is 19.3. The van der Waals surface area contributed by atoms with Crippen LogP contribution in [0.3, 0.4) is 0 Å². The summed E-state index contributed by atoms with van der Waals surface area (Å²) in [6.07, 6.45) is 2.34. The van der Waals surface area contributed by atoms with E-state index in [1.165, 1.54) is 22.7 Å². The summed E-state index contributed by atoms with van der Waals surface area (Å²) in [4.78, 5) is 11.4. The number of anilines is 2. The number of thiophene rings is 2. The molecule has 0 unspecified atom stereocenters. The number of nitrogens with one attached hydrogen (secondary N) is 1. The fourth-order valence-corrected chi connectivity index (χ4v) is 5.92. The minimum absolute atomic E-state index is 0.536. The van der Waals surface area contributed by atoms with Crippen molar-refractivity contribution in [2.75, 3.05) is 30.0 Å². The topological polar surface area (TPSA) is 54.7 Å². The van der Waals surface area contributed by atoms with Crippen molar-refractivity contribution in [3.8, 4) is 6.07 Å². The smallest absolute Gasteiger partial charge is 0.137 e. The molecule has 1 fully saturated rings. The maximum Gasteiger partial charge on any atom is 0.137 e. The molecule has 2 aromatic heterocycles. The normalized spacial score (nSPS) is 17.3. The molecule has 7 heteroatoms. The Morgan fingerprint density at radius 2 is 2.00 bits per heavy atom. The number of benzene rings is 1. The Labute approximate surface area is 184 Å². The van der Waals surface area contributed by atoms with Crippen LogP contribution >= 0.6 is 22.7 Å². The Hall–Kier alpha value is -2.66. The van der Waals surface area contributed by atoms with E-state index >= 15 is 0 Å². The number of hydrogen-bond donors (Lipinski definition) is 1. The van der Waals surface area contributed by atoms with Crippen molar-refractivity contribution >= 4 is 39.2 Å². The van der Waals surface area contributed by atoms with Gasteiger partial charge in [0.05, 0.1) is 17.2 Å². The quantitative estimate of drug-likeness (QED) is 0.630. The van der Waals surface area contributed by atoms with Gasteiger partial charge in [-0.05, 0) is 53.9 Å². The molecule has 1 saturated heterocycles. The minimum Gasteiger partial charge on any atom is -0.340 e. The van der Waals surface area contributed by atoms with Crippen LogP contribution < -0.4 is 10.2 Å². The lowest BCUT2D eigenvalue weighted by Gasteiger charge is -2.40. The number of nitriles is 1. The molecule has 3 aromatic rings. The van der Waals surface area contributed by atoms with Gasteiger partial charge >= 0.3 is 0 Å². The van der Waals surface area contributed by atoms with Gasteiger partial charge in [0.1, 0.15) is 17.5 Å². The number of nitrogens with zero attached hydrogens (tertiary/aromatic N) is 4. The molecule has 0 radical (unpaired) electrons. The Morgan fingerprint density at radius 3 is 2.80 bits per heavy atom. The van der Waals surface area contributed by atoms with Gasteiger partial charge < -0.3 is 10.2 Å². The van der Waals surface area contributed by atoms with Gasteiger partial charge in [-0.25, -0.2) is 4.99 Å². The zero-order valence-electron chi connectivity index (χ0n) is 16.6. The van der Waals surface area contributed by atoms with Crippen LogP contribution in [0.2, 0.25) is 0 Å². The fraction of sp³-hybridized carbons (Fsp3) is 0.304. The van der Waals surface area contributed by atoms with E-state index in [9.17, 15) is 0 Å².